The van der Waals surface area contributed by atoms with Crippen LogP contribution in [0.15, 0.2) is 261 Å². The molecule has 0 amide bonds. The molecule has 8 nitrogen and oxygen atoms in total. The van der Waals surface area contributed by atoms with E-state index >= 15 is 0 Å². The first-order valence-corrected chi connectivity index (χ1v) is 40.7. The van der Waals surface area contributed by atoms with Crippen LogP contribution in [0, 0.1) is 17.8 Å². The molecule has 542 valence electrons. The molecule has 0 bridgehead atoms. The zero-order chi connectivity index (χ0) is 73.9. The van der Waals surface area contributed by atoms with Crippen molar-refractivity contribution in [2.75, 3.05) is 28.2 Å². The van der Waals surface area contributed by atoms with Crippen molar-refractivity contribution in [1.29, 1.82) is 0 Å². The maximum absolute atomic E-state index is 11.3. The van der Waals surface area contributed by atoms with Gasteiger partial charge in [0.2, 0.25) is 0 Å². The Hall–Kier alpha value is -7.82. The molecule has 7 atom stereocenters. The second kappa shape index (κ2) is 40.6. The SMILES string of the molecule is CNCc1ccccc1Pc1cc(C(C)(C)C)cc(C(C)(C)C)c1O.CNCc1ccccc1Pc1cc(CC2C=CC=CC2)cc(CC2C=CC=CC2)c1O.CNCc1ccccc1Pc1cc(CC2C=CC=CC2)ccc1O.CNCc1ccccc1Pc1cccc(Cc2ccccc2)c1O. The average Bonchev–Trinajstić information content (AvgIpc) is 0.783. The van der Waals surface area contributed by atoms with Crippen molar-refractivity contribution in [3.8, 4) is 23.0 Å². The highest BCUT2D eigenvalue weighted by Gasteiger charge is 2.26. The fourth-order valence-corrected chi connectivity index (χ4v) is 18.2. The molecule has 12 rings (SSSR count). The lowest BCUT2D eigenvalue weighted by molar-refractivity contribution is 0.449. The lowest BCUT2D eigenvalue weighted by atomic mass is 9.80. The molecule has 0 heterocycles. The van der Waals surface area contributed by atoms with Crippen molar-refractivity contribution >= 4 is 76.8 Å². The second-order valence-electron chi connectivity index (χ2n) is 29.2. The van der Waals surface area contributed by atoms with Crippen LogP contribution in [0.5, 0.6) is 23.0 Å². The Morgan fingerprint density at radius 2 is 0.721 bits per heavy atom. The molecule has 0 spiro atoms. The smallest absolute Gasteiger partial charge is 0.127 e. The summed E-state index contributed by atoms with van der Waals surface area (Å²) in [6.07, 6.45) is 33.2. The first-order valence-electron chi connectivity index (χ1n) is 36.7. The van der Waals surface area contributed by atoms with Crippen molar-refractivity contribution in [1.82, 2.24) is 21.3 Å². The lowest BCUT2D eigenvalue weighted by Gasteiger charge is -2.27. The number of aromatic hydroxyl groups is 4. The first kappa shape index (κ1) is 80.3. The minimum Gasteiger partial charge on any atom is -0.507 e. The molecule has 3 aliphatic rings. The third-order valence-electron chi connectivity index (χ3n) is 18.8. The summed E-state index contributed by atoms with van der Waals surface area (Å²) in [5.41, 5.74) is 13.4. The highest BCUT2D eigenvalue weighted by molar-refractivity contribution is 7.57. The van der Waals surface area contributed by atoms with Crippen LogP contribution in [0.4, 0.5) is 0 Å². The molecular weight excluding hydrogens is 1350 g/mol. The summed E-state index contributed by atoms with van der Waals surface area (Å²) in [6.45, 7) is 16.6. The van der Waals surface area contributed by atoms with Crippen LogP contribution in [0.3, 0.4) is 0 Å². The van der Waals surface area contributed by atoms with Gasteiger partial charge in [-0.1, -0.05) is 313 Å². The van der Waals surface area contributed by atoms with E-state index in [0.717, 1.165) is 109 Å². The Kier molecular flexibility index (Phi) is 31.3. The highest BCUT2D eigenvalue weighted by Crippen LogP contribution is 2.38. The Bertz CT molecular complexity index is 4430. The van der Waals surface area contributed by atoms with Gasteiger partial charge < -0.3 is 41.7 Å². The first-order chi connectivity index (χ1) is 50.3. The van der Waals surface area contributed by atoms with Crippen LogP contribution in [0.25, 0.3) is 0 Å². The molecule has 0 saturated carbocycles. The van der Waals surface area contributed by atoms with E-state index in [0.29, 0.717) is 75.1 Å². The Balaban J connectivity index is 0.000000162. The van der Waals surface area contributed by atoms with E-state index in [2.05, 4.69) is 281 Å². The monoisotopic (exact) mass is 1460 g/mol. The number of para-hydroxylation sites is 1. The maximum Gasteiger partial charge on any atom is 0.127 e. The van der Waals surface area contributed by atoms with Gasteiger partial charge in [0.25, 0.3) is 0 Å². The molecule has 7 unspecified atom stereocenters. The van der Waals surface area contributed by atoms with E-state index in [1.807, 2.05) is 70.7 Å². The van der Waals surface area contributed by atoms with Gasteiger partial charge in [-0.05, 0) is 196 Å². The van der Waals surface area contributed by atoms with Crippen LogP contribution >= 0.6 is 34.3 Å². The molecule has 104 heavy (non-hydrogen) atoms. The van der Waals surface area contributed by atoms with E-state index in [1.165, 1.54) is 65.7 Å². The van der Waals surface area contributed by atoms with Crippen molar-refractivity contribution in [2.45, 2.75) is 123 Å². The number of benzene rings is 9. The Morgan fingerprint density at radius 1 is 0.327 bits per heavy atom. The summed E-state index contributed by atoms with van der Waals surface area (Å²) in [6, 6.07) is 65.2. The Labute approximate surface area is 629 Å². The molecule has 0 radical (unpaired) electrons. The van der Waals surface area contributed by atoms with Crippen LogP contribution in [-0.4, -0.2) is 48.6 Å². The largest absolute Gasteiger partial charge is 0.507 e. The minimum absolute atomic E-state index is 0.0530. The normalized spacial score (nSPS) is 15.6. The van der Waals surface area contributed by atoms with E-state index in [1.54, 1.807) is 0 Å². The van der Waals surface area contributed by atoms with Gasteiger partial charge >= 0.3 is 0 Å². The van der Waals surface area contributed by atoms with Gasteiger partial charge in [-0.15, -0.1) is 0 Å². The van der Waals surface area contributed by atoms with Crippen LogP contribution in [0.1, 0.15) is 122 Å². The summed E-state index contributed by atoms with van der Waals surface area (Å²) in [5.74, 6) is 3.33. The number of allylic oxidation sites excluding steroid dienone is 12. The minimum atomic E-state index is -0.0882. The fraction of sp³-hybridized carbons (Fsp3) is 0.283. The summed E-state index contributed by atoms with van der Waals surface area (Å²) in [4.78, 5) is 0. The van der Waals surface area contributed by atoms with E-state index in [9.17, 15) is 20.4 Å². The molecule has 0 fully saturated rings. The van der Waals surface area contributed by atoms with Crippen LogP contribution < -0.4 is 63.7 Å². The van der Waals surface area contributed by atoms with Gasteiger partial charge in [0.1, 0.15) is 23.0 Å². The number of hydrogen-bond acceptors (Lipinski definition) is 8. The maximum atomic E-state index is 11.3. The summed E-state index contributed by atoms with van der Waals surface area (Å²) in [5, 5.41) is 65.5. The predicted octanol–water partition coefficient (Wildman–Crippen LogP) is 16.2. The van der Waals surface area contributed by atoms with Gasteiger partial charge in [0.05, 0.1) is 0 Å². The molecule has 3 aliphatic carbocycles. The zero-order valence-corrected chi connectivity index (χ0v) is 66.6. The number of rotatable bonds is 24. The van der Waals surface area contributed by atoms with Crippen LogP contribution in [0.2, 0.25) is 0 Å². The number of hydrogen-bond donors (Lipinski definition) is 8. The topological polar surface area (TPSA) is 129 Å². The molecule has 9 aromatic carbocycles. The van der Waals surface area contributed by atoms with Gasteiger partial charge in [-0.3, -0.25) is 0 Å². The standard InChI is InChI=1S/C28H32NOP.C22H32NOP.C21H22NOP.C21H24NOP/c1-29-20-24-14-8-9-15-26(24)31-27-19-23(16-21-10-4-2-5-11-21)18-25(28(27)30)17-22-12-6-3-7-13-22;1-21(2,3)16-12-17(22(4,5)6)20(24)19(13-16)25-18-11-9-8-10-15(18)14-23-7;1-22-15-18-10-5-6-12-19(18)24-20-13-7-11-17(21(20)23)14-16-8-3-2-4-9-16;1-22-15-18-9-5-6-10-20(18)24-21-14-17(11-12-19(21)23)13-16-7-3-2-4-8-16/h2-10,12,14-15,18-19,21-22,29-31H,11,13,16-17,20H2,1H3;8-13,23-25H,14H2,1-7H3;2-13,22-24H,14-15H2,1H3;2-7,9-12,14,16,22-24H,8,13,15H2,1H3. The van der Waals surface area contributed by atoms with Crippen molar-refractivity contribution in [3.05, 3.63) is 322 Å². The molecule has 0 saturated heterocycles. The molecule has 12 heteroatoms. The average molecular weight is 1460 g/mol. The van der Waals surface area contributed by atoms with Crippen molar-refractivity contribution in [2.24, 2.45) is 17.8 Å². The lowest BCUT2D eigenvalue weighted by Crippen LogP contribution is -2.21. The zero-order valence-electron chi connectivity index (χ0n) is 62.6. The quantitative estimate of drug-likeness (QED) is 0.0281. The molecule has 9 aromatic rings. The van der Waals surface area contributed by atoms with Crippen LogP contribution in [-0.2, 0) is 62.7 Å². The van der Waals surface area contributed by atoms with Gasteiger partial charge in [0.15, 0.2) is 0 Å². The molecule has 0 aliphatic heterocycles. The number of phenols is 4. The summed E-state index contributed by atoms with van der Waals surface area (Å²) >= 11 is 0. The highest BCUT2D eigenvalue weighted by atomic mass is 31.1. The van der Waals surface area contributed by atoms with Crippen molar-refractivity contribution in [3.63, 3.8) is 0 Å². The third-order valence-corrected chi connectivity index (χ3v) is 24.4. The summed E-state index contributed by atoms with van der Waals surface area (Å²) < 4.78 is 0. The van der Waals surface area contributed by atoms with E-state index < -0.39 is 0 Å². The molecule has 8 N–H and O–H groups in total. The van der Waals surface area contributed by atoms with Gasteiger partial charge in [-0.25, -0.2) is 0 Å². The third kappa shape index (κ3) is 24.4. The number of phenolic OH excluding ortho intramolecular Hbond substituents is 4. The fourth-order valence-electron chi connectivity index (χ4n) is 13.1. The second-order valence-corrected chi connectivity index (χ2v) is 34.5. The predicted molar refractivity (Wildman–Crippen MR) is 457 cm³/mol. The molecule has 0 aromatic heterocycles. The molecular formula is C92H110N4O4P4. The number of nitrogens with one attached hydrogen (secondary N) is 4. The van der Waals surface area contributed by atoms with Crippen molar-refractivity contribution < 1.29 is 20.4 Å². The van der Waals surface area contributed by atoms with E-state index in [4.69, 9.17) is 0 Å². The van der Waals surface area contributed by atoms with Gasteiger partial charge in [-0.2, -0.15) is 0 Å². The van der Waals surface area contributed by atoms with E-state index in [-0.39, 0.29) is 10.8 Å². The van der Waals surface area contributed by atoms with Gasteiger partial charge in [0, 0.05) is 59.4 Å². The summed E-state index contributed by atoms with van der Waals surface area (Å²) in [7, 11) is 9.68. The Morgan fingerprint density at radius 3 is 1.17 bits per heavy atom.